The van der Waals surface area contributed by atoms with Crippen LogP contribution in [-0.4, -0.2) is 43.4 Å². The Morgan fingerprint density at radius 2 is 2.43 bits per heavy atom. The first kappa shape index (κ1) is 13.9. The molecule has 1 atom stereocenters. The number of carbonyl (C=O) groups excluding carboxylic acids is 1. The molecular formula is C15H19N3O3. The first-order valence-corrected chi connectivity index (χ1v) is 6.91. The summed E-state index contributed by atoms with van der Waals surface area (Å²) in [5.41, 5.74) is 7.48. The molecule has 1 aromatic carbocycles. The lowest BCUT2D eigenvalue weighted by Gasteiger charge is -2.25. The van der Waals surface area contributed by atoms with Gasteiger partial charge in [0.2, 0.25) is 0 Å². The number of fused-ring (bicyclic) bond motifs is 1. The highest BCUT2D eigenvalue weighted by molar-refractivity contribution is 6.07. The number of aromatic amines is 1. The van der Waals surface area contributed by atoms with Crippen molar-refractivity contribution in [2.24, 2.45) is 0 Å². The monoisotopic (exact) mass is 289 g/mol. The van der Waals surface area contributed by atoms with Crippen molar-refractivity contribution < 1.29 is 14.3 Å². The summed E-state index contributed by atoms with van der Waals surface area (Å²) in [4.78, 5) is 15.5. The second kappa shape index (κ2) is 5.38. The van der Waals surface area contributed by atoms with E-state index in [1.54, 1.807) is 25.4 Å². The van der Waals surface area contributed by atoms with Crippen molar-refractivity contribution in [3.8, 4) is 0 Å². The highest BCUT2D eigenvalue weighted by Crippen LogP contribution is 2.23. The van der Waals surface area contributed by atoms with Gasteiger partial charge in [0, 0.05) is 49.5 Å². The lowest BCUT2D eigenvalue weighted by Crippen LogP contribution is -2.45. The largest absolute Gasteiger partial charge is 0.399 e. The summed E-state index contributed by atoms with van der Waals surface area (Å²) in [6.45, 7) is 1.59. The van der Waals surface area contributed by atoms with Crippen molar-refractivity contribution in [3.05, 3.63) is 30.0 Å². The Morgan fingerprint density at radius 1 is 1.57 bits per heavy atom. The topological polar surface area (TPSA) is 89.4 Å². The molecule has 1 aliphatic heterocycles. The Kier molecular flexibility index (Phi) is 3.57. The molecule has 1 aliphatic rings. The molecule has 1 aromatic heterocycles. The summed E-state index contributed by atoms with van der Waals surface area (Å²) in [7, 11) is 1.65. The number of aromatic nitrogens is 1. The predicted octanol–water partition coefficient (Wildman–Crippen LogP) is 1.29. The van der Waals surface area contributed by atoms with Gasteiger partial charge in [0.15, 0.2) is 0 Å². The van der Waals surface area contributed by atoms with Gasteiger partial charge in [-0.05, 0) is 18.2 Å². The van der Waals surface area contributed by atoms with Gasteiger partial charge in [0.05, 0.1) is 12.2 Å². The van der Waals surface area contributed by atoms with Crippen LogP contribution in [0.1, 0.15) is 16.8 Å². The molecule has 2 heterocycles. The van der Waals surface area contributed by atoms with E-state index in [0.717, 1.165) is 17.3 Å². The number of carbonyl (C=O) groups is 1. The lowest BCUT2D eigenvalue weighted by molar-refractivity contribution is -0.0148. The van der Waals surface area contributed by atoms with Crippen LogP contribution in [0.15, 0.2) is 24.4 Å². The van der Waals surface area contributed by atoms with Gasteiger partial charge in [-0.15, -0.1) is 0 Å². The molecule has 0 bridgehead atoms. The van der Waals surface area contributed by atoms with Gasteiger partial charge in [-0.3, -0.25) is 4.79 Å². The van der Waals surface area contributed by atoms with E-state index in [1.165, 1.54) is 0 Å². The number of amides is 1. The fourth-order valence-electron chi connectivity index (χ4n) is 2.62. The normalized spacial score (nSPS) is 21.8. The van der Waals surface area contributed by atoms with Gasteiger partial charge in [0.1, 0.15) is 5.60 Å². The number of hydrogen-bond acceptors (Lipinski definition) is 4. The quantitative estimate of drug-likeness (QED) is 0.740. The fourth-order valence-corrected chi connectivity index (χ4v) is 2.62. The molecule has 6 nitrogen and oxygen atoms in total. The average molecular weight is 289 g/mol. The Bertz CT molecular complexity index is 659. The van der Waals surface area contributed by atoms with E-state index in [2.05, 4.69) is 10.3 Å². The maximum Gasteiger partial charge on any atom is 0.253 e. The molecule has 21 heavy (non-hydrogen) atoms. The first-order valence-electron chi connectivity index (χ1n) is 6.91. The molecule has 1 fully saturated rings. The van der Waals surface area contributed by atoms with Crippen LogP contribution in [0.25, 0.3) is 10.9 Å². The molecule has 0 spiro atoms. The van der Waals surface area contributed by atoms with E-state index < -0.39 is 5.60 Å². The number of hydrogen-bond donors (Lipinski definition) is 3. The number of nitrogen functional groups attached to an aromatic ring is 1. The Hall–Kier alpha value is -2.05. The van der Waals surface area contributed by atoms with Gasteiger partial charge >= 0.3 is 0 Å². The van der Waals surface area contributed by atoms with Crippen LogP contribution in [0.5, 0.6) is 0 Å². The summed E-state index contributed by atoms with van der Waals surface area (Å²) < 4.78 is 10.9. The average Bonchev–Trinajstić information content (AvgIpc) is 3.12. The highest BCUT2D eigenvalue weighted by Gasteiger charge is 2.35. The van der Waals surface area contributed by atoms with Gasteiger partial charge in [-0.25, -0.2) is 0 Å². The fraction of sp³-hybridized carbons (Fsp3) is 0.400. The molecular weight excluding hydrogens is 270 g/mol. The highest BCUT2D eigenvalue weighted by atomic mass is 16.5. The van der Waals surface area contributed by atoms with Crippen molar-refractivity contribution in [2.45, 2.75) is 12.0 Å². The third kappa shape index (κ3) is 2.59. The number of benzene rings is 1. The summed E-state index contributed by atoms with van der Waals surface area (Å²) in [5.74, 6) is -0.143. The minimum absolute atomic E-state index is 0.143. The van der Waals surface area contributed by atoms with Gasteiger partial charge in [0.25, 0.3) is 5.91 Å². The smallest absolute Gasteiger partial charge is 0.253 e. The maximum absolute atomic E-state index is 12.4. The third-order valence-electron chi connectivity index (χ3n) is 4.02. The molecule has 0 radical (unpaired) electrons. The molecule has 2 aromatic rings. The van der Waals surface area contributed by atoms with Crippen molar-refractivity contribution in [1.82, 2.24) is 10.3 Å². The van der Waals surface area contributed by atoms with Crippen LogP contribution in [0.3, 0.4) is 0 Å². The minimum atomic E-state index is -0.416. The Morgan fingerprint density at radius 3 is 3.14 bits per heavy atom. The van der Waals surface area contributed by atoms with Crippen molar-refractivity contribution in [3.63, 3.8) is 0 Å². The molecule has 0 aliphatic carbocycles. The Labute approximate surface area is 122 Å². The SMILES string of the molecule is COC1(CNC(=O)c2c[nH]c3ccc(N)cc23)CCOC1. The van der Waals surface area contributed by atoms with Gasteiger partial charge in [-0.1, -0.05) is 0 Å². The van der Waals surface area contributed by atoms with Crippen LogP contribution < -0.4 is 11.1 Å². The van der Waals surface area contributed by atoms with E-state index in [9.17, 15) is 4.79 Å². The van der Waals surface area contributed by atoms with Gasteiger partial charge in [-0.2, -0.15) is 0 Å². The molecule has 1 saturated heterocycles. The number of H-pyrrole nitrogens is 1. The van der Waals surface area contributed by atoms with E-state index in [1.807, 2.05) is 6.07 Å². The molecule has 1 unspecified atom stereocenters. The minimum Gasteiger partial charge on any atom is -0.399 e. The van der Waals surface area contributed by atoms with Crippen LogP contribution in [0.4, 0.5) is 5.69 Å². The van der Waals surface area contributed by atoms with Crippen LogP contribution >= 0.6 is 0 Å². The molecule has 6 heteroatoms. The van der Waals surface area contributed by atoms with E-state index in [0.29, 0.717) is 31.0 Å². The lowest BCUT2D eigenvalue weighted by atomic mass is 10.0. The van der Waals surface area contributed by atoms with E-state index >= 15 is 0 Å². The third-order valence-corrected chi connectivity index (χ3v) is 4.02. The molecule has 112 valence electrons. The summed E-state index contributed by atoms with van der Waals surface area (Å²) in [5, 5.41) is 3.75. The summed E-state index contributed by atoms with van der Waals surface area (Å²) in [6.07, 6.45) is 2.48. The molecule has 1 amide bonds. The van der Waals surface area contributed by atoms with Crippen LogP contribution in [0.2, 0.25) is 0 Å². The van der Waals surface area contributed by atoms with Crippen LogP contribution in [0, 0.1) is 0 Å². The molecule has 3 rings (SSSR count). The second-order valence-electron chi connectivity index (χ2n) is 5.38. The van der Waals surface area contributed by atoms with Crippen molar-refractivity contribution in [1.29, 1.82) is 0 Å². The van der Waals surface area contributed by atoms with Crippen molar-refractivity contribution in [2.75, 3.05) is 32.6 Å². The number of ether oxygens (including phenoxy) is 2. The number of methoxy groups -OCH3 is 1. The van der Waals surface area contributed by atoms with Crippen molar-refractivity contribution >= 4 is 22.5 Å². The molecule has 0 saturated carbocycles. The standard InChI is InChI=1S/C15H19N3O3/c1-20-15(4-5-21-9-15)8-18-14(19)12-7-17-13-3-2-10(16)6-11(12)13/h2-3,6-7,17H,4-5,8-9,16H2,1H3,(H,18,19). The summed E-state index contributed by atoms with van der Waals surface area (Å²) >= 11 is 0. The zero-order valence-corrected chi connectivity index (χ0v) is 11.9. The second-order valence-corrected chi connectivity index (χ2v) is 5.38. The number of rotatable bonds is 4. The maximum atomic E-state index is 12.4. The number of nitrogens with two attached hydrogens (primary N) is 1. The van der Waals surface area contributed by atoms with E-state index in [-0.39, 0.29) is 5.91 Å². The zero-order chi connectivity index (χ0) is 14.9. The predicted molar refractivity (Wildman–Crippen MR) is 80.2 cm³/mol. The summed E-state index contributed by atoms with van der Waals surface area (Å²) in [6, 6.07) is 5.46. The first-order chi connectivity index (χ1) is 10.1. The molecule has 4 N–H and O–H groups in total. The Balaban J connectivity index is 1.76. The zero-order valence-electron chi connectivity index (χ0n) is 11.9. The van der Waals surface area contributed by atoms with Gasteiger partial charge < -0.3 is 25.5 Å². The number of nitrogens with one attached hydrogen (secondary N) is 2. The van der Waals surface area contributed by atoms with Crippen LogP contribution in [-0.2, 0) is 9.47 Å². The number of anilines is 1. The van der Waals surface area contributed by atoms with E-state index in [4.69, 9.17) is 15.2 Å².